The quantitative estimate of drug-likeness (QED) is 0.332. The fraction of sp³-hybridized carbons (Fsp3) is 0.484. The highest BCUT2D eigenvalue weighted by Crippen LogP contribution is 2.11. The third kappa shape index (κ3) is 32.8. The zero-order chi connectivity index (χ0) is 25.9. The first-order valence-corrected chi connectivity index (χ1v) is 12.8. The molecule has 0 aliphatic carbocycles. The van der Waals surface area contributed by atoms with Crippen LogP contribution in [0, 0.1) is 6.92 Å². The van der Waals surface area contributed by atoms with Gasteiger partial charge in [-0.3, -0.25) is 0 Å². The molecule has 0 bridgehead atoms. The molecule has 0 spiro atoms. The van der Waals surface area contributed by atoms with Crippen molar-refractivity contribution in [1.82, 2.24) is 0 Å². The Balaban J connectivity index is -0.0000000661. The minimum atomic E-state index is 1.31. The van der Waals surface area contributed by atoms with E-state index < -0.39 is 0 Å². The predicted octanol–water partition coefficient (Wildman–Crippen LogP) is 12.0. The van der Waals surface area contributed by atoms with Crippen LogP contribution in [-0.4, -0.2) is 0 Å². The first-order valence-electron chi connectivity index (χ1n) is 12.8. The smallest absolute Gasteiger partial charge is 0.0184 e. The molecule has 31 heavy (non-hydrogen) atoms. The Kier molecular flexibility index (Phi) is 70.6. The van der Waals surface area contributed by atoms with Crippen molar-refractivity contribution >= 4 is 10.8 Å². The normalized spacial score (nSPS) is 6.55. The van der Waals surface area contributed by atoms with Crippen LogP contribution in [0.2, 0.25) is 0 Å². The highest BCUT2D eigenvalue weighted by Gasteiger charge is 1.85. The van der Waals surface area contributed by atoms with Crippen LogP contribution in [0.5, 0.6) is 0 Å². The van der Waals surface area contributed by atoms with Crippen molar-refractivity contribution in [2.24, 2.45) is 0 Å². The van der Waals surface area contributed by atoms with Crippen molar-refractivity contribution < 1.29 is 0 Å². The summed E-state index contributed by atoms with van der Waals surface area (Å²) in [4.78, 5) is 0. The molecule has 0 saturated carbocycles. The summed E-state index contributed by atoms with van der Waals surface area (Å²) in [5.74, 6) is 0. The van der Waals surface area contributed by atoms with Gasteiger partial charge in [-0.25, -0.2) is 0 Å². The summed E-state index contributed by atoms with van der Waals surface area (Å²) in [6.07, 6.45) is 0. The maximum Gasteiger partial charge on any atom is -0.0184 e. The van der Waals surface area contributed by atoms with Crippen molar-refractivity contribution in [3.05, 3.63) is 84.4 Å². The topological polar surface area (TPSA) is 0 Å². The standard InChI is InChI=1S/C10H8.C7H8.7C2H6/c1-2-6-10-8-4-3-7-9(10)5-1;1-7-5-3-2-4-6-7;7*1-2/h1-8H;2-6H,1H3;7*1-2H3. The first kappa shape index (κ1) is 42.9. The summed E-state index contributed by atoms with van der Waals surface area (Å²) in [6.45, 7) is 30.1. The molecule has 0 N–H and O–H groups in total. The Bertz CT molecular complexity index is 502. The van der Waals surface area contributed by atoms with E-state index in [1.165, 1.54) is 16.3 Å². The van der Waals surface area contributed by atoms with Crippen molar-refractivity contribution in [3.63, 3.8) is 0 Å². The Labute approximate surface area is 199 Å². The molecular formula is C31H58. The lowest BCUT2D eigenvalue weighted by molar-refractivity contribution is 1.48. The van der Waals surface area contributed by atoms with Gasteiger partial charge in [-0.2, -0.15) is 0 Å². The zero-order valence-corrected chi connectivity index (χ0v) is 24.0. The third-order valence-electron chi connectivity index (χ3n) is 2.60. The molecule has 0 saturated heterocycles. The fourth-order valence-electron chi connectivity index (χ4n) is 1.67. The van der Waals surface area contributed by atoms with Crippen LogP contribution < -0.4 is 0 Å². The molecule has 0 aromatic heterocycles. The van der Waals surface area contributed by atoms with Gasteiger partial charge in [0, 0.05) is 0 Å². The molecule has 0 heterocycles. The average Bonchev–Trinajstić information content (AvgIpc) is 2.93. The summed E-state index contributed by atoms with van der Waals surface area (Å²) in [7, 11) is 0. The Morgan fingerprint density at radius 3 is 0.645 bits per heavy atom. The Morgan fingerprint density at radius 2 is 0.484 bits per heavy atom. The van der Waals surface area contributed by atoms with Gasteiger partial charge in [0.25, 0.3) is 0 Å². The van der Waals surface area contributed by atoms with E-state index in [4.69, 9.17) is 0 Å². The van der Waals surface area contributed by atoms with Crippen molar-refractivity contribution in [2.45, 2.75) is 104 Å². The molecule has 0 amide bonds. The SMILES string of the molecule is CC.CC.CC.CC.CC.CC.CC.Cc1ccccc1.c1ccc2ccccc2c1. The molecule has 3 rings (SSSR count). The number of aryl methyl sites for hydroxylation is 1. The maximum atomic E-state index is 2.12. The number of benzene rings is 3. The van der Waals surface area contributed by atoms with Crippen LogP contribution in [0.4, 0.5) is 0 Å². The molecule has 0 fully saturated rings. The first-order chi connectivity index (χ1) is 15.4. The van der Waals surface area contributed by atoms with Gasteiger partial charge in [0.05, 0.1) is 0 Å². The number of rotatable bonds is 0. The van der Waals surface area contributed by atoms with Gasteiger partial charge in [0.15, 0.2) is 0 Å². The van der Waals surface area contributed by atoms with Crippen LogP contribution in [0.3, 0.4) is 0 Å². The summed E-state index contributed by atoms with van der Waals surface area (Å²) in [5.41, 5.74) is 1.32. The highest BCUT2D eigenvalue weighted by molar-refractivity contribution is 5.81. The van der Waals surface area contributed by atoms with Crippen LogP contribution >= 0.6 is 0 Å². The van der Waals surface area contributed by atoms with Gasteiger partial charge in [0.2, 0.25) is 0 Å². The van der Waals surface area contributed by atoms with E-state index in [0.29, 0.717) is 0 Å². The van der Waals surface area contributed by atoms with E-state index in [2.05, 4.69) is 67.6 Å². The highest BCUT2D eigenvalue weighted by atomic mass is 13.9. The van der Waals surface area contributed by atoms with Gasteiger partial charge in [-0.15, -0.1) is 0 Å². The lowest BCUT2D eigenvalue weighted by Crippen LogP contribution is -1.67. The van der Waals surface area contributed by atoms with E-state index in [-0.39, 0.29) is 0 Å². The molecule has 0 radical (unpaired) electrons. The number of hydrogen-bond acceptors (Lipinski definition) is 0. The molecule has 0 heteroatoms. The van der Waals surface area contributed by atoms with E-state index >= 15 is 0 Å². The maximum absolute atomic E-state index is 2.12. The average molecular weight is 431 g/mol. The van der Waals surface area contributed by atoms with Gasteiger partial charge < -0.3 is 0 Å². The molecule has 0 nitrogen and oxygen atoms in total. The second-order valence-corrected chi connectivity index (χ2v) is 4.00. The summed E-state index contributed by atoms with van der Waals surface area (Å²) in [6, 6.07) is 27.0. The molecule has 0 unspecified atom stereocenters. The van der Waals surface area contributed by atoms with Crippen LogP contribution in [-0.2, 0) is 0 Å². The Morgan fingerprint density at radius 1 is 0.290 bits per heavy atom. The van der Waals surface area contributed by atoms with E-state index in [1.807, 2.05) is 115 Å². The zero-order valence-electron chi connectivity index (χ0n) is 24.0. The second-order valence-electron chi connectivity index (χ2n) is 4.00. The minimum absolute atomic E-state index is 1.31. The number of fused-ring (bicyclic) bond motifs is 1. The van der Waals surface area contributed by atoms with Gasteiger partial charge in [0.1, 0.15) is 0 Å². The molecule has 3 aromatic carbocycles. The molecular weight excluding hydrogens is 372 g/mol. The minimum Gasteiger partial charge on any atom is -0.0683 e. The second kappa shape index (κ2) is 51.0. The largest absolute Gasteiger partial charge is 0.0683 e. The monoisotopic (exact) mass is 430 g/mol. The molecule has 182 valence electrons. The summed E-state index contributed by atoms with van der Waals surface area (Å²) < 4.78 is 0. The lowest BCUT2D eigenvalue weighted by Gasteiger charge is -1.92. The lowest BCUT2D eigenvalue weighted by atomic mass is 10.1. The van der Waals surface area contributed by atoms with Crippen molar-refractivity contribution in [2.75, 3.05) is 0 Å². The Hall–Kier alpha value is -2.08. The summed E-state index contributed by atoms with van der Waals surface area (Å²) >= 11 is 0. The van der Waals surface area contributed by atoms with E-state index in [0.717, 1.165) is 0 Å². The van der Waals surface area contributed by atoms with Crippen molar-refractivity contribution in [3.8, 4) is 0 Å². The van der Waals surface area contributed by atoms with Crippen molar-refractivity contribution in [1.29, 1.82) is 0 Å². The van der Waals surface area contributed by atoms with E-state index in [1.54, 1.807) is 0 Å². The van der Waals surface area contributed by atoms with Crippen LogP contribution in [0.15, 0.2) is 78.9 Å². The molecule has 0 atom stereocenters. The molecule has 3 aromatic rings. The van der Waals surface area contributed by atoms with E-state index in [9.17, 15) is 0 Å². The number of hydrogen-bond donors (Lipinski definition) is 0. The fourth-order valence-corrected chi connectivity index (χ4v) is 1.67. The third-order valence-corrected chi connectivity index (χ3v) is 2.60. The molecule has 0 aliphatic rings. The van der Waals surface area contributed by atoms with Crippen LogP contribution in [0.1, 0.15) is 102 Å². The summed E-state index contributed by atoms with van der Waals surface area (Å²) in [5, 5.41) is 2.62. The van der Waals surface area contributed by atoms with Gasteiger partial charge in [-0.05, 0) is 17.7 Å². The van der Waals surface area contributed by atoms with Crippen LogP contribution in [0.25, 0.3) is 10.8 Å². The van der Waals surface area contributed by atoms with Gasteiger partial charge in [-0.1, -0.05) is 181 Å². The van der Waals surface area contributed by atoms with Gasteiger partial charge >= 0.3 is 0 Å². The predicted molar refractivity (Wildman–Crippen MR) is 155 cm³/mol. The molecule has 0 aliphatic heterocycles.